The van der Waals surface area contributed by atoms with E-state index in [2.05, 4.69) is 10.3 Å². The number of nitrogens with one attached hydrogen (secondary N) is 2. The van der Waals surface area contributed by atoms with E-state index in [9.17, 15) is 13.6 Å². The van der Waals surface area contributed by atoms with E-state index in [0.717, 1.165) is 23.9 Å². The van der Waals surface area contributed by atoms with E-state index >= 15 is 0 Å². The summed E-state index contributed by atoms with van der Waals surface area (Å²) in [5.74, 6) is -2.26. The highest BCUT2D eigenvalue weighted by atomic mass is 32.2. The van der Waals surface area contributed by atoms with Gasteiger partial charge in [-0.3, -0.25) is 10.5 Å². The fraction of sp³-hybridized carbons (Fsp3) is 0.0667. The first-order valence-corrected chi connectivity index (χ1v) is 7.47. The van der Waals surface area contributed by atoms with Crippen molar-refractivity contribution in [2.75, 3.05) is 16.8 Å². The van der Waals surface area contributed by atoms with Crippen molar-refractivity contribution in [1.29, 1.82) is 10.5 Å². The van der Waals surface area contributed by atoms with Gasteiger partial charge in [-0.1, -0.05) is 11.8 Å². The zero-order valence-electron chi connectivity index (χ0n) is 12.1. The summed E-state index contributed by atoms with van der Waals surface area (Å²) in [5, 5.41) is 20.5. The second-order valence-corrected chi connectivity index (χ2v) is 5.51. The molecule has 0 saturated carbocycles. The van der Waals surface area contributed by atoms with Gasteiger partial charge in [0.05, 0.1) is 11.4 Å². The predicted octanol–water partition coefficient (Wildman–Crippen LogP) is 1.84. The summed E-state index contributed by atoms with van der Waals surface area (Å²) in [6.07, 6.45) is 0. The van der Waals surface area contributed by atoms with Crippen LogP contribution < -0.4 is 16.0 Å². The molecule has 0 spiro atoms. The van der Waals surface area contributed by atoms with Crippen LogP contribution in [0.4, 0.5) is 20.3 Å². The number of benzene rings is 1. The normalized spacial score (nSPS) is 9.83. The van der Waals surface area contributed by atoms with Gasteiger partial charge in [0.15, 0.2) is 5.03 Å². The number of carbonyl (C=O) groups excluding carboxylic acids is 1. The van der Waals surface area contributed by atoms with Crippen molar-refractivity contribution in [1.82, 2.24) is 0 Å². The Morgan fingerprint density at radius 3 is 2.58 bits per heavy atom. The highest BCUT2D eigenvalue weighted by Crippen LogP contribution is 2.21. The lowest BCUT2D eigenvalue weighted by molar-refractivity contribution is -0.410. The summed E-state index contributed by atoms with van der Waals surface area (Å²) in [6.45, 7) is 0. The van der Waals surface area contributed by atoms with Gasteiger partial charge in [0.2, 0.25) is 5.91 Å². The van der Waals surface area contributed by atoms with Gasteiger partial charge in [-0.25, -0.2) is 13.8 Å². The van der Waals surface area contributed by atoms with Crippen molar-refractivity contribution in [3.8, 4) is 12.1 Å². The van der Waals surface area contributed by atoms with E-state index in [0.29, 0.717) is 11.1 Å². The first-order chi connectivity index (χ1) is 11.4. The molecule has 0 unspecified atom stereocenters. The summed E-state index contributed by atoms with van der Waals surface area (Å²) < 4.78 is 26.3. The van der Waals surface area contributed by atoms with Crippen molar-refractivity contribution < 1.29 is 18.6 Å². The van der Waals surface area contributed by atoms with E-state index < -0.39 is 17.5 Å². The number of aromatic amines is 1. The largest absolute Gasteiger partial charge is 0.323 e. The number of hydrogen-bond donors (Lipinski definition) is 2. The van der Waals surface area contributed by atoms with Crippen LogP contribution in [0.25, 0.3) is 0 Å². The number of nitrogens with zero attached hydrogens (tertiary/aromatic N) is 2. The zero-order valence-corrected chi connectivity index (χ0v) is 12.9. The molecule has 1 aromatic carbocycles. The maximum atomic E-state index is 13.5. The number of nitrogens with two attached hydrogens (primary N) is 1. The molecule has 1 heterocycles. The minimum absolute atomic E-state index is 0.0731. The molecule has 9 heteroatoms. The fourth-order valence-electron chi connectivity index (χ4n) is 1.75. The number of amides is 1. The van der Waals surface area contributed by atoms with Gasteiger partial charge < -0.3 is 5.32 Å². The topological polar surface area (TPSA) is 117 Å². The Balaban J connectivity index is 2.08. The molecule has 2 rings (SSSR count). The predicted molar refractivity (Wildman–Crippen MR) is 82.6 cm³/mol. The van der Waals surface area contributed by atoms with Crippen molar-refractivity contribution in [2.24, 2.45) is 0 Å². The van der Waals surface area contributed by atoms with E-state index in [1.807, 2.05) is 12.1 Å². The number of carbonyl (C=O) groups is 1. The summed E-state index contributed by atoms with van der Waals surface area (Å²) in [5.41, 5.74) is 5.76. The van der Waals surface area contributed by atoms with E-state index in [4.69, 9.17) is 16.3 Å². The number of aromatic nitrogens is 1. The molecule has 0 aliphatic heterocycles. The molecule has 0 aliphatic carbocycles. The van der Waals surface area contributed by atoms with Gasteiger partial charge in [-0.05, 0) is 18.2 Å². The molecule has 0 atom stereocenters. The molecule has 1 amide bonds. The standard InChI is InChI=1S/C15H9F2N5OS/c16-10-1-2-12(11(17)4-10)21-13(23)7-24-15-9(6-19)3-8(5-18)14(20)22-15/h1-4H,7H2,(H2,20,22)(H,21,23)/p+1. The molecule has 0 saturated heterocycles. The SMILES string of the molecule is N#Cc1cc(C#N)c(SCC(=O)Nc2ccc(F)cc2F)[nH+]c1N. The van der Waals surface area contributed by atoms with Crippen LogP contribution in [0.3, 0.4) is 0 Å². The molecule has 1 aromatic heterocycles. The van der Waals surface area contributed by atoms with Crippen LogP contribution in [0.1, 0.15) is 11.1 Å². The molecule has 120 valence electrons. The minimum Gasteiger partial charge on any atom is -0.323 e. The maximum absolute atomic E-state index is 13.5. The molecule has 0 aliphatic rings. The lowest BCUT2D eigenvalue weighted by Gasteiger charge is -2.06. The van der Waals surface area contributed by atoms with Crippen LogP contribution >= 0.6 is 11.8 Å². The van der Waals surface area contributed by atoms with Crippen LogP contribution in [-0.4, -0.2) is 11.7 Å². The van der Waals surface area contributed by atoms with Gasteiger partial charge in [0.1, 0.15) is 34.9 Å². The van der Waals surface area contributed by atoms with Crippen molar-refractivity contribution in [3.05, 3.63) is 47.0 Å². The molecule has 2 aromatic rings. The Morgan fingerprint density at radius 2 is 1.96 bits per heavy atom. The Bertz CT molecular complexity index is 889. The van der Waals surface area contributed by atoms with Crippen LogP contribution in [0, 0.1) is 34.3 Å². The summed E-state index contributed by atoms with van der Waals surface area (Å²) >= 11 is 0.965. The molecule has 24 heavy (non-hydrogen) atoms. The molecular weight excluding hydrogens is 336 g/mol. The molecule has 0 radical (unpaired) electrons. The molecule has 0 bridgehead atoms. The quantitative estimate of drug-likeness (QED) is 0.819. The third-order valence-corrected chi connectivity index (χ3v) is 3.88. The van der Waals surface area contributed by atoms with Gasteiger partial charge in [0, 0.05) is 6.07 Å². The number of anilines is 2. The number of nitriles is 2. The summed E-state index contributed by atoms with van der Waals surface area (Å²) in [6, 6.07) is 7.83. The Kier molecular flexibility index (Phi) is 5.30. The number of halogens is 2. The monoisotopic (exact) mass is 346 g/mol. The van der Waals surface area contributed by atoms with E-state index in [-0.39, 0.29) is 28.4 Å². The van der Waals surface area contributed by atoms with E-state index in [1.54, 1.807) is 0 Å². The highest BCUT2D eigenvalue weighted by molar-refractivity contribution is 7.99. The number of rotatable bonds is 4. The number of pyridine rings is 1. The Hall–Kier alpha value is -3.17. The molecule has 6 nitrogen and oxygen atoms in total. The first kappa shape index (κ1) is 17.2. The highest BCUT2D eigenvalue weighted by Gasteiger charge is 2.16. The summed E-state index contributed by atoms with van der Waals surface area (Å²) in [4.78, 5) is 14.5. The molecule has 0 fully saturated rings. The van der Waals surface area contributed by atoms with Crippen LogP contribution in [0.15, 0.2) is 29.3 Å². The Morgan fingerprint density at radius 1 is 1.25 bits per heavy atom. The number of hydrogen-bond acceptors (Lipinski definition) is 5. The number of nitrogen functional groups attached to an aromatic ring is 1. The van der Waals surface area contributed by atoms with Crippen molar-refractivity contribution in [2.45, 2.75) is 5.03 Å². The van der Waals surface area contributed by atoms with Crippen molar-refractivity contribution >= 4 is 29.2 Å². The Labute approximate surface area is 139 Å². The van der Waals surface area contributed by atoms with Gasteiger partial charge in [-0.15, -0.1) is 0 Å². The van der Waals surface area contributed by atoms with Gasteiger partial charge in [0.25, 0.3) is 5.82 Å². The lowest BCUT2D eigenvalue weighted by atomic mass is 10.2. The second-order valence-electron chi connectivity index (χ2n) is 4.52. The van der Waals surface area contributed by atoms with Gasteiger partial charge in [-0.2, -0.15) is 10.5 Å². The molecular formula is C15H10F2N5OS+. The van der Waals surface area contributed by atoms with E-state index in [1.165, 1.54) is 6.07 Å². The third kappa shape index (κ3) is 3.97. The van der Waals surface area contributed by atoms with Crippen LogP contribution in [-0.2, 0) is 4.79 Å². The van der Waals surface area contributed by atoms with Crippen LogP contribution in [0.2, 0.25) is 0 Å². The van der Waals surface area contributed by atoms with Crippen LogP contribution in [0.5, 0.6) is 0 Å². The zero-order chi connectivity index (χ0) is 17.7. The average Bonchev–Trinajstić information content (AvgIpc) is 2.55. The molecule has 4 N–H and O–H groups in total. The van der Waals surface area contributed by atoms with Gasteiger partial charge >= 0.3 is 0 Å². The summed E-state index contributed by atoms with van der Waals surface area (Å²) in [7, 11) is 0. The fourth-order valence-corrected chi connectivity index (χ4v) is 2.54. The average molecular weight is 346 g/mol. The smallest absolute Gasteiger partial charge is 0.289 e. The maximum Gasteiger partial charge on any atom is 0.289 e. The third-order valence-electron chi connectivity index (χ3n) is 2.87. The number of thioether (sulfide) groups is 1. The first-order valence-electron chi connectivity index (χ1n) is 6.48. The number of H-pyrrole nitrogens is 1. The second kappa shape index (κ2) is 7.40. The van der Waals surface area contributed by atoms with Crippen molar-refractivity contribution in [3.63, 3.8) is 0 Å². The lowest BCUT2D eigenvalue weighted by Crippen LogP contribution is -2.20. The minimum atomic E-state index is -0.889.